The van der Waals surface area contributed by atoms with Crippen LogP contribution in [-0.2, 0) is 18.0 Å². The summed E-state index contributed by atoms with van der Waals surface area (Å²) in [6, 6.07) is 10.7. The number of pyridine rings is 1. The lowest BCUT2D eigenvalue weighted by Crippen LogP contribution is -2.23. The Bertz CT molecular complexity index is 1350. The molecular formula is C27H25NO7. The fourth-order valence-electron chi connectivity index (χ4n) is 4.55. The molecule has 4 aromatic rings. The normalized spacial score (nSPS) is 18.0. The summed E-state index contributed by atoms with van der Waals surface area (Å²) in [5.74, 6) is -0.552. The summed E-state index contributed by atoms with van der Waals surface area (Å²) in [6.07, 6.45) is 7.11. The van der Waals surface area contributed by atoms with Crippen LogP contribution < -0.4 is 4.74 Å². The minimum atomic E-state index is -1.12. The van der Waals surface area contributed by atoms with Crippen LogP contribution in [0, 0.1) is 0 Å². The summed E-state index contributed by atoms with van der Waals surface area (Å²) in [7, 11) is 0. The van der Waals surface area contributed by atoms with Gasteiger partial charge < -0.3 is 29.2 Å². The summed E-state index contributed by atoms with van der Waals surface area (Å²) < 4.78 is 17.0. The molecule has 0 aliphatic carbocycles. The van der Waals surface area contributed by atoms with Gasteiger partial charge in [-0.1, -0.05) is 6.07 Å². The van der Waals surface area contributed by atoms with Gasteiger partial charge in [0.15, 0.2) is 0 Å². The van der Waals surface area contributed by atoms with Gasteiger partial charge in [-0.05, 0) is 58.7 Å². The van der Waals surface area contributed by atoms with Crippen LogP contribution in [-0.4, -0.2) is 39.0 Å². The van der Waals surface area contributed by atoms with Crippen LogP contribution in [0.1, 0.15) is 46.0 Å². The number of ether oxygens (including phenoxy) is 2. The minimum Gasteiger partial charge on any atom is -0.489 e. The third-order valence-corrected chi connectivity index (χ3v) is 6.27. The smallest absolute Gasteiger partial charge is 0.336 e. The maximum Gasteiger partial charge on any atom is 0.336 e. The molecule has 3 N–H and O–H groups in total. The molecule has 3 heterocycles. The molecule has 35 heavy (non-hydrogen) atoms. The molecule has 1 aliphatic rings. The molecule has 0 bridgehead atoms. The summed E-state index contributed by atoms with van der Waals surface area (Å²) in [5.41, 5.74) is 3.42. The molecule has 0 spiro atoms. The number of aromatic nitrogens is 1. The van der Waals surface area contributed by atoms with E-state index in [4.69, 9.17) is 13.9 Å². The number of aromatic carboxylic acids is 1. The first-order chi connectivity index (χ1) is 17.0. The van der Waals surface area contributed by atoms with Crippen LogP contribution in [0.3, 0.4) is 0 Å². The van der Waals surface area contributed by atoms with E-state index in [0.717, 1.165) is 16.5 Å². The van der Waals surface area contributed by atoms with Crippen molar-refractivity contribution in [1.29, 1.82) is 0 Å². The van der Waals surface area contributed by atoms with Crippen LogP contribution in [0.5, 0.6) is 5.75 Å². The van der Waals surface area contributed by atoms with Crippen molar-refractivity contribution >= 4 is 16.7 Å². The molecule has 2 aromatic carbocycles. The molecule has 0 saturated carbocycles. The van der Waals surface area contributed by atoms with Crippen LogP contribution >= 0.6 is 0 Å². The van der Waals surface area contributed by atoms with Crippen LogP contribution in [0.25, 0.3) is 21.9 Å². The Kier molecular flexibility index (Phi) is 6.50. The van der Waals surface area contributed by atoms with E-state index in [9.17, 15) is 20.1 Å². The second-order valence-corrected chi connectivity index (χ2v) is 8.59. The molecule has 2 atom stereocenters. The number of aliphatic hydroxyl groups excluding tert-OH is 2. The molecule has 180 valence electrons. The van der Waals surface area contributed by atoms with Crippen molar-refractivity contribution in [2.24, 2.45) is 0 Å². The largest absolute Gasteiger partial charge is 0.489 e. The Morgan fingerprint density at radius 2 is 2.06 bits per heavy atom. The van der Waals surface area contributed by atoms with Crippen molar-refractivity contribution in [1.82, 2.24) is 4.98 Å². The molecule has 1 saturated heterocycles. The molecule has 2 unspecified atom stereocenters. The molecule has 8 heteroatoms. The fraction of sp³-hybridized carbons (Fsp3) is 0.259. The van der Waals surface area contributed by atoms with Gasteiger partial charge in [0, 0.05) is 42.1 Å². The Labute approximate surface area is 201 Å². The molecule has 2 aromatic heterocycles. The SMILES string of the molecule is O=C(O)c1cc2cc(OCc3cncc(C4CC(O)CCO4)c3)ccc2c(-c2ccoc2)c1CO. The van der Waals surface area contributed by atoms with Crippen molar-refractivity contribution in [2.75, 3.05) is 6.61 Å². The van der Waals surface area contributed by atoms with Gasteiger partial charge in [-0.15, -0.1) is 0 Å². The highest BCUT2D eigenvalue weighted by atomic mass is 16.5. The van der Waals surface area contributed by atoms with Gasteiger partial charge in [-0.3, -0.25) is 4.98 Å². The first-order valence-electron chi connectivity index (χ1n) is 11.4. The minimum absolute atomic E-state index is 0.0277. The summed E-state index contributed by atoms with van der Waals surface area (Å²) >= 11 is 0. The van der Waals surface area contributed by atoms with Crippen LogP contribution in [0.4, 0.5) is 0 Å². The number of rotatable bonds is 7. The molecule has 8 nitrogen and oxygen atoms in total. The lowest BCUT2D eigenvalue weighted by Gasteiger charge is -2.26. The van der Waals surface area contributed by atoms with Crippen molar-refractivity contribution in [3.8, 4) is 16.9 Å². The zero-order chi connectivity index (χ0) is 24.4. The van der Waals surface area contributed by atoms with Crippen molar-refractivity contribution < 1.29 is 34.0 Å². The Morgan fingerprint density at radius 3 is 2.80 bits per heavy atom. The van der Waals surface area contributed by atoms with E-state index >= 15 is 0 Å². The van der Waals surface area contributed by atoms with E-state index < -0.39 is 12.6 Å². The number of hydrogen-bond donors (Lipinski definition) is 3. The number of carboxylic acids is 1. The predicted molar refractivity (Wildman–Crippen MR) is 127 cm³/mol. The average Bonchev–Trinajstić information content (AvgIpc) is 3.41. The van der Waals surface area contributed by atoms with E-state index in [1.807, 2.05) is 18.2 Å². The number of benzene rings is 2. The van der Waals surface area contributed by atoms with Gasteiger partial charge in [-0.25, -0.2) is 4.79 Å². The zero-order valence-corrected chi connectivity index (χ0v) is 18.9. The summed E-state index contributed by atoms with van der Waals surface area (Å²) in [5, 5.41) is 31.1. The molecular weight excluding hydrogens is 450 g/mol. The number of furan rings is 1. The van der Waals surface area contributed by atoms with E-state index in [2.05, 4.69) is 4.98 Å². The van der Waals surface area contributed by atoms with Crippen molar-refractivity contribution in [3.63, 3.8) is 0 Å². The third kappa shape index (κ3) is 4.77. The second-order valence-electron chi connectivity index (χ2n) is 8.59. The lowest BCUT2D eigenvalue weighted by atomic mass is 9.91. The Morgan fingerprint density at radius 1 is 1.17 bits per heavy atom. The number of aliphatic hydroxyl groups is 2. The van der Waals surface area contributed by atoms with Crippen molar-refractivity contribution in [3.05, 3.63) is 83.6 Å². The average molecular weight is 475 g/mol. The number of carboxylic acid groups (broad SMARTS) is 1. The molecule has 1 fully saturated rings. The molecule has 0 amide bonds. The van der Waals surface area contributed by atoms with Crippen LogP contribution in [0.15, 0.2) is 65.7 Å². The summed E-state index contributed by atoms with van der Waals surface area (Å²) in [4.78, 5) is 16.2. The second kappa shape index (κ2) is 9.87. The van der Waals surface area contributed by atoms with Gasteiger partial charge in [-0.2, -0.15) is 0 Å². The topological polar surface area (TPSA) is 122 Å². The highest BCUT2D eigenvalue weighted by Gasteiger charge is 2.23. The number of carbonyl (C=O) groups is 1. The lowest BCUT2D eigenvalue weighted by molar-refractivity contribution is -0.0449. The number of fused-ring (bicyclic) bond motifs is 1. The highest BCUT2D eigenvalue weighted by molar-refractivity contribution is 6.05. The highest BCUT2D eigenvalue weighted by Crippen LogP contribution is 2.37. The molecule has 0 radical (unpaired) electrons. The van der Waals surface area contributed by atoms with E-state index in [-0.39, 0.29) is 24.4 Å². The quantitative estimate of drug-likeness (QED) is 0.358. The Hall–Kier alpha value is -3.72. The first kappa shape index (κ1) is 23.0. The van der Waals surface area contributed by atoms with Crippen LogP contribution in [0.2, 0.25) is 0 Å². The maximum absolute atomic E-state index is 11.9. The predicted octanol–water partition coefficient (Wildman–Crippen LogP) is 4.48. The van der Waals surface area contributed by atoms with Crippen molar-refractivity contribution in [2.45, 2.75) is 38.3 Å². The van der Waals surface area contributed by atoms with Gasteiger partial charge in [0.2, 0.25) is 0 Å². The number of hydrogen-bond acceptors (Lipinski definition) is 7. The maximum atomic E-state index is 11.9. The van der Waals surface area contributed by atoms with Gasteiger partial charge >= 0.3 is 5.97 Å². The monoisotopic (exact) mass is 475 g/mol. The first-order valence-corrected chi connectivity index (χ1v) is 11.4. The summed E-state index contributed by atoms with van der Waals surface area (Å²) in [6.45, 7) is 0.360. The van der Waals surface area contributed by atoms with Gasteiger partial charge in [0.25, 0.3) is 0 Å². The standard InChI is InChI=1S/C27H25NO7/c29-13-24-23(27(31)32)9-18-8-21(1-2-22(18)26(24)17-3-5-33-15-17)35-14-16-7-19(12-28-11-16)25-10-20(30)4-6-34-25/h1-3,5,7-9,11-12,15,20,25,29-30H,4,6,10,13-14H2,(H,31,32). The third-order valence-electron chi connectivity index (χ3n) is 6.27. The van der Waals surface area contributed by atoms with Gasteiger partial charge in [0.1, 0.15) is 12.4 Å². The Balaban J connectivity index is 1.43. The van der Waals surface area contributed by atoms with E-state index in [1.165, 1.54) is 12.5 Å². The molecule has 1 aliphatic heterocycles. The molecule has 5 rings (SSSR count). The van der Waals surface area contributed by atoms with Gasteiger partial charge in [0.05, 0.1) is 36.9 Å². The number of nitrogens with zero attached hydrogens (tertiary/aromatic N) is 1. The zero-order valence-electron chi connectivity index (χ0n) is 18.9. The van der Waals surface area contributed by atoms with E-state index in [0.29, 0.717) is 47.3 Å². The fourth-order valence-corrected chi connectivity index (χ4v) is 4.55. The van der Waals surface area contributed by atoms with E-state index in [1.54, 1.807) is 30.6 Å².